The van der Waals surface area contributed by atoms with Crippen molar-refractivity contribution < 1.29 is 22.0 Å². The maximum absolute atomic E-state index is 12.6. The first-order valence-electron chi connectivity index (χ1n) is 9.56. The minimum Gasteiger partial charge on any atom is -0.371 e. The molecule has 1 N–H and O–H groups in total. The molecule has 8 heteroatoms. The SMILES string of the molecule is O=C(CCc1ccccc1)NC1CCN(c2ccc(S(=O)(=O)C(F)F)cc2)CC1. The molecule has 1 saturated heterocycles. The Labute approximate surface area is 169 Å². The van der Waals surface area contributed by atoms with Crippen LogP contribution in [0.3, 0.4) is 0 Å². The van der Waals surface area contributed by atoms with Crippen molar-refractivity contribution in [3.05, 3.63) is 60.2 Å². The van der Waals surface area contributed by atoms with Gasteiger partial charge < -0.3 is 10.2 Å². The van der Waals surface area contributed by atoms with Gasteiger partial charge in [-0.05, 0) is 49.1 Å². The van der Waals surface area contributed by atoms with Crippen LogP contribution in [0.25, 0.3) is 0 Å². The number of piperidine rings is 1. The molecule has 0 bridgehead atoms. The Morgan fingerprint density at radius 3 is 2.24 bits per heavy atom. The van der Waals surface area contributed by atoms with E-state index in [1.165, 1.54) is 12.1 Å². The fraction of sp³-hybridized carbons (Fsp3) is 0.381. The van der Waals surface area contributed by atoms with Gasteiger partial charge in [-0.1, -0.05) is 30.3 Å². The van der Waals surface area contributed by atoms with Crippen molar-refractivity contribution in [1.82, 2.24) is 5.32 Å². The third-order valence-electron chi connectivity index (χ3n) is 5.11. The second kappa shape index (κ2) is 9.35. The molecule has 5 nitrogen and oxygen atoms in total. The van der Waals surface area contributed by atoms with E-state index in [2.05, 4.69) is 10.2 Å². The largest absolute Gasteiger partial charge is 0.371 e. The summed E-state index contributed by atoms with van der Waals surface area (Å²) in [5.41, 5.74) is 1.92. The van der Waals surface area contributed by atoms with Crippen LogP contribution in [0.2, 0.25) is 0 Å². The molecule has 0 spiro atoms. The van der Waals surface area contributed by atoms with Gasteiger partial charge in [0.15, 0.2) is 0 Å². The van der Waals surface area contributed by atoms with E-state index < -0.39 is 15.6 Å². The van der Waals surface area contributed by atoms with Crippen molar-refractivity contribution in [1.29, 1.82) is 0 Å². The molecule has 0 saturated carbocycles. The Kier molecular flexibility index (Phi) is 6.84. The number of hydrogen-bond acceptors (Lipinski definition) is 4. The number of alkyl halides is 2. The van der Waals surface area contributed by atoms with Crippen LogP contribution in [-0.2, 0) is 21.1 Å². The van der Waals surface area contributed by atoms with Crippen LogP contribution < -0.4 is 10.2 Å². The smallest absolute Gasteiger partial charge is 0.341 e. The number of benzene rings is 2. The summed E-state index contributed by atoms with van der Waals surface area (Å²) in [5, 5.41) is 3.07. The summed E-state index contributed by atoms with van der Waals surface area (Å²) in [7, 11) is -4.57. The number of aryl methyl sites for hydroxylation is 1. The molecular formula is C21H24F2N2O3S. The summed E-state index contributed by atoms with van der Waals surface area (Å²) in [6.07, 6.45) is 2.70. The van der Waals surface area contributed by atoms with E-state index in [1.807, 2.05) is 30.3 Å². The van der Waals surface area contributed by atoms with Crippen LogP contribution in [0.15, 0.2) is 59.5 Å². The maximum Gasteiger partial charge on any atom is 0.341 e. The highest BCUT2D eigenvalue weighted by Crippen LogP contribution is 2.24. The number of halogens is 2. The first-order valence-corrected chi connectivity index (χ1v) is 11.1. The maximum atomic E-state index is 12.6. The third kappa shape index (κ3) is 5.53. The number of hydrogen-bond donors (Lipinski definition) is 1. The standard InChI is InChI=1S/C21H24F2N2O3S/c22-21(23)29(27,28)19-9-7-18(8-10-19)25-14-12-17(13-15-25)24-20(26)11-6-16-4-2-1-3-5-16/h1-5,7-10,17,21H,6,11-15H2,(H,24,26). The molecule has 1 heterocycles. The Morgan fingerprint density at radius 1 is 1.03 bits per heavy atom. The summed E-state index contributed by atoms with van der Waals surface area (Å²) >= 11 is 0. The highest BCUT2D eigenvalue weighted by Gasteiger charge is 2.27. The molecule has 1 aliphatic heterocycles. The number of sulfone groups is 1. The van der Waals surface area contributed by atoms with Gasteiger partial charge in [0.1, 0.15) is 0 Å². The van der Waals surface area contributed by atoms with Gasteiger partial charge in [0.2, 0.25) is 15.7 Å². The molecule has 3 rings (SSSR count). The van der Waals surface area contributed by atoms with E-state index in [0.29, 0.717) is 25.9 Å². The fourth-order valence-corrected chi connectivity index (χ4v) is 4.16. The van der Waals surface area contributed by atoms with Gasteiger partial charge in [-0.2, -0.15) is 8.78 Å². The molecule has 0 aromatic heterocycles. The molecular weight excluding hydrogens is 398 g/mol. The van der Waals surface area contributed by atoms with Gasteiger partial charge >= 0.3 is 5.76 Å². The van der Waals surface area contributed by atoms with Crippen LogP contribution in [0.5, 0.6) is 0 Å². The Bertz CT molecular complexity index is 911. The summed E-state index contributed by atoms with van der Waals surface area (Å²) in [6, 6.07) is 15.5. The number of rotatable bonds is 7. The highest BCUT2D eigenvalue weighted by molar-refractivity contribution is 7.91. The first kappa shape index (κ1) is 21.2. The monoisotopic (exact) mass is 422 g/mol. The lowest BCUT2D eigenvalue weighted by atomic mass is 10.0. The predicted molar refractivity (Wildman–Crippen MR) is 108 cm³/mol. The number of carbonyl (C=O) groups is 1. The molecule has 0 atom stereocenters. The van der Waals surface area contributed by atoms with Crippen molar-refractivity contribution in [2.75, 3.05) is 18.0 Å². The molecule has 29 heavy (non-hydrogen) atoms. The Balaban J connectivity index is 1.47. The van der Waals surface area contributed by atoms with Crippen LogP contribution >= 0.6 is 0 Å². The zero-order chi connectivity index (χ0) is 20.9. The van der Waals surface area contributed by atoms with Gasteiger partial charge in [0.25, 0.3) is 0 Å². The van der Waals surface area contributed by atoms with E-state index in [0.717, 1.165) is 24.1 Å². The topological polar surface area (TPSA) is 66.5 Å². The van der Waals surface area contributed by atoms with Crippen LogP contribution in [0.4, 0.5) is 14.5 Å². The minimum absolute atomic E-state index is 0.0360. The van der Waals surface area contributed by atoms with E-state index in [9.17, 15) is 22.0 Å². The van der Waals surface area contributed by atoms with E-state index in [4.69, 9.17) is 0 Å². The van der Waals surface area contributed by atoms with Gasteiger partial charge in [-0.3, -0.25) is 4.79 Å². The second-order valence-electron chi connectivity index (χ2n) is 7.11. The molecule has 0 unspecified atom stereocenters. The average Bonchev–Trinajstić information content (AvgIpc) is 2.73. The molecule has 2 aromatic carbocycles. The number of amides is 1. The van der Waals surface area contributed by atoms with Crippen molar-refractivity contribution >= 4 is 21.4 Å². The van der Waals surface area contributed by atoms with Gasteiger partial charge in [-0.15, -0.1) is 0 Å². The fourth-order valence-electron chi connectivity index (χ4n) is 3.43. The van der Waals surface area contributed by atoms with Crippen LogP contribution in [0, 0.1) is 0 Å². The molecule has 1 amide bonds. The third-order valence-corrected chi connectivity index (χ3v) is 6.51. The zero-order valence-corrected chi connectivity index (χ0v) is 16.7. The number of nitrogens with one attached hydrogen (secondary N) is 1. The van der Waals surface area contributed by atoms with E-state index in [-0.39, 0.29) is 16.8 Å². The lowest BCUT2D eigenvalue weighted by molar-refractivity contribution is -0.121. The molecule has 1 fully saturated rings. The molecule has 1 aliphatic rings. The minimum atomic E-state index is -4.57. The Morgan fingerprint density at radius 2 is 1.66 bits per heavy atom. The van der Waals surface area contributed by atoms with Gasteiger partial charge in [0, 0.05) is 31.2 Å². The van der Waals surface area contributed by atoms with Crippen LogP contribution in [0.1, 0.15) is 24.8 Å². The normalized spacial score (nSPS) is 15.5. The number of anilines is 1. The van der Waals surface area contributed by atoms with Gasteiger partial charge in [0.05, 0.1) is 4.90 Å². The molecule has 156 valence electrons. The summed E-state index contributed by atoms with van der Waals surface area (Å²) in [6.45, 7) is 1.40. The quantitative estimate of drug-likeness (QED) is 0.743. The predicted octanol–water partition coefficient (Wildman–Crippen LogP) is 3.40. The van der Waals surface area contributed by atoms with E-state index in [1.54, 1.807) is 12.1 Å². The van der Waals surface area contributed by atoms with Crippen molar-refractivity contribution in [2.45, 2.75) is 42.4 Å². The van der Waals surface area contributed by atoms with Gasteiger partial charge in [-0.25, -0.2) is 8.42 Å². The van der Waals surface area contributed by atoms with Crippen LogP contribution in [-0.4, -0.2) is 39.2 Å². The molecule has 2 aromatic rings. The first-order chi connectivity index (χ1) is 13.9. The zero-order valence-electron chi connectivity index (χ0n) is 15.9. The highest BCUT2D eigenvalue weighted by atomic mass is 32.2. The molecule has 0 radical (unpaired) electrons. The lowest BCUT2D eigenvalue weighted by Crippen LogP contribution is -2.44. The Hall–Kier alpha value is -2.48. The summed E-state index contributed by atoms with van der Waals surface area (Å²) in [5.74, 6) is -3.39. The molecule has 0 aliphatic carbocycles. The number of nitrogens with zero attached hydrogens (tertiary/aromatic N) is 1. The lowest BCUT2D eigenvalue weighted by Gasteiger charge is -2.34. The van der Waals surface area contributed by atoms with Crippen molar-refractivity contribution in [3.8, 4) is 0 Å². The van der Waals surface area contributed by atoms with Crippen molar-refractivity contribution in [2.24, 2.45) is 0 Å². The number of carbonyl (C=O) groups excluding carboxylic acids is 1. The van der Waals surface area contributed by atoms with E-state index >= 15 is 0 Å². The average molecular weight is 422 g/mol. The summed E-state index contributed by atoms with van der Waals surface area (Å²) < 4.78 is 48.2. The second-order valence-corrected chi connectivity index (χ2v) is 9.03. The summed E-state index contributed by atoms with van der Waals surface area (Å²) in [4.78, 5) is 13.9. The van der Waals surface area contributed by atoms with Crippen molar-refractivity contribution in [3.63, 3.8) is 0 Å².